The second-order valence-electron chi connectivity index (χ2n) is 9.00. The first-order chi connectivity index (χ1) is 14.9. The van der Waals surface area contributed by atoms with Crippen LogP contribution in [0.1, 0.15) is 44.8 Å². The van der Waals surface area contributed by atoms with Gasteiger partial charge >= 0.3 is 0 Å². The van der Waals surface area contributed by atoms with Gasteiger partial charge in [-0.3, -0.25) is 15.0 Å². The maximum absolute atomic E-state index is 13.0. The van der Waals surface area contributed by atoms with Gasteiger partial charge in [0.25, 0.3) is 6.43 Å². The van der Waals surface area contributed by atoms with E-state index in [-0.39, 0.29) is 11.6 Å². The molecule has 0 spiro atoms. The summed E-state index contributed by atoms with van der Waals surface area (Å²) < 4.78 is 32.1. The smallest absolute Gasteiger partial charge is 0.253 e. The molecule has 1 saturated carbocycles. The van der Waals surface area contributed by atoms with Crippen LogP contribution >= 0.6 is 0 Å². The van der Waals surface area contributed by atoms with Crippen molar-refractivity contribution in [1.82, 2.24) is 20.0 Å². The summed E-state index contributed by atoms with van der Waals surface area (Å²) >= 11 is 0. The lowest BCUT2D eigenvalue weighted by Gasteiger charge is -2.39. The van der Waals surface area contributed by atoms with Gasteiger partial charge in [-0.2, -0.15) is 5.10 Å². The second-order valence-corrected chi connectivity index (χ2v) is 9.00. The van der Waals surface area contributed by atoms with E-state index in [9.17, 15) is 8.78 Å². The summed E-state index contributed by atoms with van der Waals surface area (Å²) in [5.74, 6) is 1.80. The van der Waals surface area contributed by atoms with Crippen LogP contribution in [0.5, 0.6) is 5.75 Å². The molecule has 2 fully saturated rings. The molecule has 5 rings (SSSR count). The van der Waals surface area contributed by atoms with Crippen LogP contribution < -0.4 is 4.74 Å². The lowest BCUT2D eigenvalue weighted by atomic mass is 10.0. The Bertz CT molecular complexity index is 1010. The quantitative estimate of drug-likeness (QED) is 0.787. The van der Waals surface area contributed by atoms with Crippen LogP contribution in [0.2, 0.25) is 0 Å². The minimum atomic E-state index is -2.32. The number of rotatable bonds is 5. The topological polar surface area (TPSA) is 69.1 Å². The summed E-state index contributed by atoms with van der Waals surface area (Å²) in [6, 6.07) is 5.16. The first-order valence-electron chi connectivity index (χ1n) is 10.9. The number of aliphatic imine (C=N–C) groups is 2. The van der Waals surface area contributed by atoms with Crippen molar-refractivity contribution in [2.75, 3.05) is 26.2 Å². The SMILES string of the molecule is CC(C(F)F)N1CCN(C2=NC=NC(c3[nH]nc4ccc(OC5(C)CC5)cc34)C2)CC1. The highest BCUT2D eigenvalue weighted by Gasteiger charge is 2.40. The molecule has 0 radical (unpaired) electrons. The minimum absolute atomic E-state index is 0.0373. The number of halogens is 2. The number of amidine groups is 1. The summed E-state index contributed by atoms with van der Waals surface area (Å²) in [4.78, 5) is 13.1. The Labute approximate surface area is 180 Å². The molecule has 7 nitrogen and oxygen atoms in total. The van der Waals surface area contributed by atoms with Crippen LogP contribution in [-0.4, -0.2) is 76.4 Å². The van der Waals surface area contributed by atoms with Gasteiger partial charge in [-0.05, 0) is 44.9 Å². The largest absolute Gasteiger partial charge is 0.488 e. The van der Waals surface area contributed by atoms with Crippen LogP contribution in [0.4, 0.5) is 8.78 Å². The number of benzene rings is 1. The number of hydrogen-bond acceptors (Lipinski definition) is 6. The van der Waals surface area contributed by atoms with E-state index in [0.29, 0.717) is 32.6 Å². The van der Waals surface area contributed by atoms with Crippen molar-refractivity contribution in [3.8, 4) is 5.75 Å². The number of ether oxygens (including phenoxy) is 1. The summed E-state index contributed by atoms with van der Waals surface area (Å²) in [5.41, 5.74) is 1.80. The Kier molecular flexibility index (Phi) is 5.16. The molecule has 3 heterocycles. The van der Waals surface area contributed by atoms with E-state index in [1.165, 1.54) is 0 Å². The molecule has 1 saturated heterocycles. The predicted molar refractivity (Wildman–Crippen MR) is 116 cm³/mol. The highest BCUT2D eigenvalue weighted by Crippen LogP contribution is 2.40. The molecule has 1 N–H and O–H groups in total. The van der Waals surface area contributed by atoms with Gasteiger partial charge in [-0.15, -0.1) is 0 Å². The molecule has 2 aromatic rings. The Morgan fingerprint density at radius 1 is 1.19 bits per heavy atom. The maximum Gasteiger partial charge on any atom is 0.253 e. The Balaban J connectivity index is 1.28. The van der Waals surface area contributed by atoms with E-state index >= 15 is 0 Å². The van der Waals surface area contributed by atoms with E-state index < -0.39 is 12.5 Å². The maximum atomic E-state index is 13.0. The molecular formula is C22H28F2N6O. The second kappa shape index (κ2) is 7.85. The summed E-state index contributed by atoms with van der Waals surface area (Å²) in [5, 5.41) is 8.62. The first kappa shape index (κ1) is 20.4. The zero-order valence-corrected chi connectivity index (χ0v) is 17.9. The third kappa shape index (κ3) is 4.15. The van der Waals surface area contributed by atoms with Gasteiger partial charge < -0.3 is 9.64 Å². The Morgan fingerprint density at radius 2 is 1.97 bits per heavy atom. The van der Waals surface area contributed by atoms with E-state index in [1.54, 1.807) is 13.3 Å². The third-order valence-corrected chi connectivity index (χ3v) is 6.66. The number of nitrogens with one attached hydrogen (secondary N) is 1. The fraction of sp³-hybridized carbons (Fsp3) is 0.591. The van der Waals surface area contributed by atoms with E-state index in [2.05, 4.69) is 32.0 Å². The highest BCUT2D eigenvalue weighted by molar-refractivity contribution is 5.92. The average molecular weight is 431 g/mol. The third-order valence-electron chi connectivity index (χ3n) is 6.66. The van der Waals surface area contributed by atoms with Crippen LogP contribution in [0.15, 0.2) is 28.2 Å². The van der Waals surface area contributed by atoms with Gasteiger partial charge in [0.15, 0.2) is 0 Å². The fourth-order valence-electron chi connectivity index (χ4n) is 4.28. The minimum Gasteiger partial charge on any atom is -0.488 e. The molecular weight excluding hydrogens is 402 g/mol. The van der Waals surface area contributed by atoms with Gasteiger partial charge in [0.05, 0.1) is 17.3 Å². The van der Waals surface area contributed by atoms with Crippen LogP contribution in [0, 0.1) is 0 Å². The lowest BCUT2D eigenvalue weighted by molar-refractivity contribution is 0.0182. The molecule has 1 aliphatic carbocycles. The van der Waals surface area contributed by atoms with Crippen molar-refractivity contribution in [3.05, 3.63) is 23.9 Å². The molecule has 31 heavy (non-hydrogen) atoms. The number of aromatic amines is 1. The van der Waals surface area contributed by atoms with Crippen molar-refractivity contribution in [3.63, 3.8) is 0 Å². The summed E-state index contributed by atoms with van der Waals surface area (Å²) in [6.07, 6.45) is 2.11. The van der Waals surface area contributed by atoms with Gasteiger partial charge in [-0.1, -0.05) is 0 Å². The molecule has 2 aliphatic heterocycles. The lowest BCUT2D eigenvalue weighted by Crippen LogP contribution is -2.53. The molecule has 1 aromatic heterocycles. The van der Waals surface area contributed by atoms with Crippen molar-refractivity contribution in [2.24, 2.45) is 9.98 Å². The molecule has 1 aromatic carbocycles. The van der Waals surface area contributed by atoms with E-state index in [4.69, 9.17) is 4.74 Å². The molecule has 2 atom stereocenters. The normalized spacial score (nSPS) is 24.5. The standard InChI is InChI=1S/C22H28F2N6O/c1-14(21(23)24)29-7-9-30(10-8-29)19-12-18(25-13-26-19)20-16-11-15(31-22(2)5-6-22)3-4-17(16)27-28-20/h3-4,11,13-14,18,21H,5-10,12H2,1-2H3,(H,27,28). The summed E-state index contributed by atoms with van der Waals surface area (Å²) in [7, 11) is 0. The van der Waals surface area contributed by atoms with Gasteiger partial charge in [0.1, 0.15) is 29.6 Å². The molecule has 0 bridgehead atoms. The predicted octanol–water partition coefficient (Wildman–Crippen LogP) is 3.64. The zero-order chi connectivity index (χ0) is 21.6. The van der Waals surface area contributed by atoms with Crippen LogP contribution in [0.25, 0.3) is 10.9 Å². The van der Waals surface area contributed by atoms with Gasteiger partial charge in [0, 0.05) is 38.0 Å². The van der Waals surface area contributed by atoms with Crippen molar-refractivity contribution in [2.45, 2.75) is 57.2 Å². The molecule has 166 valence electrons. The van der Waals surface area contributed by atoms with Crippen molar-refractivity contribution >= 4 is 23.1 Å². The first-order valence-corrected chi connectivity index (χ1v) is 10.9. The zero-order valence-electron chi connectivity index (χ0n) is 17.9. The highest BCUT2D eigenvalue weighted by atomic mass is 19.3. The van der Waals surface area contributed by atoms with Gasteiger partial charge in [0.2, 0.25) is 0 Å². The Morgan fingerprint density at radius 3 is 2.68 bits per heavy atom. The van der Waals surface area contributed by atoms with E-state index in [0.717, 1.165) is 41.0 Å². The molecule has 0 amide bonds. The molecule has 3 aliphatic rings. The monoisotopic (exact) mass is 430 g/mol. The number of H-pyrrole nitrogens is 1. The van der Waals surface area contributed by atoms with Crippen molar-refractivity contribution in [1.29, 1.82) is 0 Å². The molecule has 9 heteroatoms. The average Bonchev–Trinajstić information content (AvgIpc) is 3.35. The van der Waals surface area contributed by atoms with E-state index in [1.807, 2.05) is 23.1 Å². The number of fused-ring (bicyclic) bond motifs is 1. The number of alkyl halides is 2. The van der Waals surface area contributed by atoms with Gasteiger partial charge in [-0.25, -0.2) is 13.8 Å². The number of nitrogens with zero attached hydrogens (tertiary/aromatic N) is 5. The van der Waals surface area contributed by atoms with Crippen LogP contribution in [0.3, 0.4) is 0 Å². The number of hydrogen-bond donors (Lipinski definition) is 1. The van der Waals surface area contributed by atoms with Crippen molar-refractivity contribution < 1.29 is 13.5 Å². The number of aromatic nitrogens is 2. The molecule has 2 unspecified atom stereocenters. The number of piperazine rings is 1. The fourth-order valence-corrected chi connectivity index (χ4v) is 4.28. The van der Waals surface area contributed by atoms with Crippen LogP contribution in [-0.2, 0) is 0 Å². The summed E-state index contributed by atoms with van der Waals surface area (Å²) in [6.45, 7) is 6.32. The Hall–Kier alpha value is -2.55.